The minimum Gasteiger partial charge on any atom is -0.350 e. The molecule has 0 aliphatic heterocycles. The van der Waals surface area contributed by atoms with Gasteiger partial charge in [0.05, 0.1) is 17.9 Å². The summed E-state index contributed by atoms with van der Waals surface area (Å²) in [5.41, 5.74) is 2.56. The first-order valence-electron chi connectivity index (χ1n) is 9.48. The first-order chi connectivity index (χ1) is 11.2. The van der Waals surface area contributed by atoms with Crippen LogP contribution in [-0.2, 0) is 11.3 Å². The van der Waals surface area contributed by atoms with Gasteiger partial charge in [0.25, 0.3) is 0 Å². The maximum atomic E-state index is 12.5. The van der Waals surface area contributed by atoms with Crippen LogP contribution in [0, 0.1) is 23.2 Å². The summed E-state index contributed by atoms with van der Waals surface area (Å²) in [6, 6.07) is 2.13. The van der Waals surface area contributed by atoms with Crippen LogP contribution in [0.5, 0.6) is 0 Å². The zero-order chi connectivity index (χ0) is 15.4. The van der Waals surface area contributed by atoms with E-state index in [1.165, 1.54) is 57.1 Å². The summed E-state index contributed by atoms with van der Waals surface area (Å²) in [5.74, 6) is 3.67. The molecule has 5 aliphatic rings. The molecule has 0 spiro atoms. The van der Waals surface area contributed by atoms with Crippen LogP contribution in [0.25, 0.3) is 0 Å². The molecule has 124 valence electrons. The van der Waals surface area contributed by atoms with Crippen molar-refractivity contribution in [1.29, 1.82) is 0 Å². The highest BCUT2D eigenvalue weighted by Gasteiger charge is 2.51. The predicted molar refractivity (Wildman–Crippen MR) is 87.6 cm³/mol. The molecular formula is C19H27N3O. The molecule has 4 bridgehead atoms. The molecule has 2 N–H and O–H groups in total. The number of aromatic amines is 1. The molecule has 6 rings (SSSR count). The van der Waals surface area contributed by atoms with Gasteiger partial charge >= 0.3 is 0 Å². The third-order valence-corrected chi connectivity index (χ3v) is 6.82. The first kappa shape index (κ1) is 14.1. The van der Waals surface area contributed by atoms with Gasteiger partial charge in [0.15, 0.2) is 0 Å². The highest BCUT2D eigenvalue weighted by Crippen LogP contribution is 2.61. The van der Waals surface area contributed by atoms with Crippen LogP contribution in [0.4, 0.5) is 0 Å². The summed E-state index contributed by atoms with van der Waals surface area (Å²) in [4.78, 5) is 12.5. The topological polar surface area (TPSA) is 57.8 Å². The number of aromatic nitrogens is 2. The van der Waals surface area contributed by atoms with Crippen molar-refractivity contribution in [3.63, 3.8) is 0 Å². The second-order valence-electron chi connectivity index (χ2n) is 8.96. The summed E-state index contributed by atoms with van der Waals surface area (Å²) >= 11 is 0. The number of carbonyl (C=O) groups excluding carboxylic acids is 1. The fourth-order valence-corrected chi connectivity index (χ4v) is 6.16. The van der Waals surface area contributed by atoms with Crippen molar-refractivity contribution >= 4 is 5.91 Å². The molecule has 1 amide bonds. The van der Waals surface area contributed by atoms with Crippen molar-refractivity contribution in [3.05, 3.63) is 17.5 Å². The van der Waals surface area contributed by atoms with Crippen LogP contribution in [0.1, 0.15) is 75.1 Å². The van der Waals surface area contributed by atoms with E-state index in [0.29, 0.717) is 17.9 Å². The summed E-state index contributed by atoms with van der Waals surface area (Å²) in [5, 5.41) is 10.6. The number of carbonyl (C=O) groups is 1. The molecule has 0 saturated heterocycles. The van der Waals surface area contributed by atoms with E-state index < -0.39 is 0 Å². The van der Waals surface area contributed by atoms with Crippen molar-refractivity contribution in [3.8, 4) is 0 Å². The number of hydrogen-bond acceptors (Lipinski definition) is 2. The third kappa shape index (κ3) is 2.70. The molecule has 4 heteroatoms. The summed E-state index contributed by atoms with van der Waals surface area (Å²) in [7, 11) is 0. The van der Waals surface area contributed by atoms with E-state index in [-0.39, 0.29) is 5.91 Å². The average molecular weight is 313 g/mol. The Hall–Kier alpha value is -1.32. The van der Waals surface area contributed by atoms with Crippen molar-refractivity contribution in [1.82, 2.24) is 15.5 Å². The Balaban J connectivity index is 1.18. The summed E-state index contributed by atoms with van der Waals surface area (Å²) in [6.45, 7) is 0.602. The number of nitrogens with one attached hydrogen (secondary N) is 2. The Bertz CT molecular complexity index is 581. The molecule has 23 heavy (non-hydrogen) atoms. The number of rotatable bonds is 5. The first-order valence-corrected chi connectivity index (χ1v) is 9.48. The third-order valence-electron chi connectivity index (χ3n) is 6.82. The second kappa shape index (κ2) is 5.09. The maximum Gasteiger partial charge on any atom is 0.220 e. The van der Waals surface area contributed by atoms with E-state index in [4.69, 9.17) is 0 Å². The number of nitrogens with zero attached hydrogens (tertiary/aromatic N) is 1. The highest BCUT2D eigenvalue weighted by molar-refractivity contribution is 5.76. The van der Waals surface area contributed by atoms with E-state index >= 15 is 0 Å². The Morgan fingerprint density at radius 1 is 1.17 bits per heavy atom. The quantitative estimate of drug-likeness (QED) is 0.874. The zero-order valence-electron chi connectivity index (χ0n) is 13.8. The largest absolute Gasteiger partial charge is 0.350 e. The number of H-pyrrole nitrogens is 1. The molecule has 0 radical (unpaired) electrons. The van der Waals surface area contributed by atoms with Crippen molar-refractivity contribution in [2.45, 2.75) is 70.3 Å². The molecule has 1 aromatic rings. The Morgan fingerprint density at radius 3 is 2.43 bits per heavy atom. The fraction of sp³-hybridized carbons (Fsp3) is 0.789. The van der Waals surface area contributed by atoms with Gasteiger partial charge in [-0.25, -0.2) is 0 Å². The maximum absolute atomic E-state index is 12.5. The monoisotopic (exact) mass is 313 g/mol. The predicted octanol–water partition coefficient (Wildman–Crippen LogP) is 3.51. The van der Waals surface area contributed by atoms with Gasteiger partial charge in [0.1, 0.15) is 0 Å². The van der Waals surface area contributed by atoms with E-state index in [0.717, 1.165) is 29.9 Å². The molecule has 5 saturated carbocycles. The molecule has 0 aromatic carbocycles. The lowest BCUT2D eigenvalue weighted by molar-refractivity contribution is -0.129. The minimum atomic E-state index is 0.245. The van der Waals surface area contributed by atoms with Gasteiger partial charge in [0.2, 0.25) is 5.91 Å². The van der Waals surface area contributed by atoms with Crippen LogP contribution < -0.4 is 5.32 Å². The summed E-state index contributed by atoms with van der Waals surface area (Å²) < 4.78 is 0. The van der Waals surface area contributed by atoms with Crippen molar-refractivity contribution < 1.29 is 4.79 Å². The van der Waals surface area contributed by atoms with E-state index in [9.17, 15) is 4.79 Å². The molecule has 0 atom stereocenters. The number of hydrogen-bond donors (Lipinski definition) is 2. The zero-order valence-corrected chi connectivity index (χ0v) is 13.8. The Morgan fingerprint density at radius 2 is 1.83 bits per heavy atom. The van der Waals surface area contributed by atoms with Gasteiger partial charge in [-0.05, 0) is 80.6 Å². The van der Waals surface area contributed by atoms with Crippen LogP contribution in [0.2, 0.25) is 0 Å². The lowest BCUT2D eigenvalue weighted by atomic mass is 9.49. The molecule has 5 fully saturated rings. The normalized spacial score (nSPS) is 38.0. The fourth-order valence-electron chi connectivity index (χ4n) is 6.16. The van der Waals surface area contributed by atoms with Crippen molar-refractivity contribution in [2.75, 3.05) is 0 Å². The molecule has 4 nitrogen and oxygen atoms in total. The van der Waals surface area contributed by atoms with Crippen LogP contribution in [0.15, 0.2) is 6.07 Å². The number of amides is 1. The highest BCUT2D eigenvalue weighted by atomic mass is 16.1. The molecule has 1 aromatic heterocycles. The van der Waals surface area contributed by atoms with Crippen LogP contribution in [-0.4, -0.2) is 16.1 Å². The van der Waals surface area contributed by atoms with E-state index in [1.807, 2.05) is 0 Å². The van der Waals surface area contributed by atoms with Gasteiger partial charge in [-0.1, -0.05) is 0 Å². The van der Waals surface area contributed by atoms with Gasteiger partial charge < -0.3 is 5.32 Å². The Labute approximate surface area is 137 Å². The van der Waals surface area contributed by atoms with Gasteiger partial charge in [0, 0.05) is 12.3 Å². The molecule has 5 aliphatic carbocycles. The van der Waals surface area contributed by atoms with E-state index in [1.54, 1.807) is 0 Å². The van der Waals surface area contributed by atoms with Crippen LogP contribution >= 0.6 is 0 Å². The average Bonchev–Trinajstić information content (AvgIpc) is 3.22. The van der Waals surface area contributed by atoms with Crippen molar-refractivity contribution in [2.24, 2.45) is 23.2 Å². The SMILES string of the molecule is O=C(CC12CC3CC(CC(C3)C1)C2)NCc1cc(C2CC2)n[nH]1. The second-order valence-corrected chi connectivity index (χ2v) is 8.96. The Kier molecular flexibility index (Phi) is 3.11. The smallest absolute Gasteiger partial charge is 0.220 e. The molecular weight excluding hydrogens is 286 g/mol. The lowest BCUT2D eigenvalue weighted by Crippen LogP contribution is -2.47. The lowest BCUT2D eigenvalue weighted by Gasteiger charge is -2.56. The minimum absolute atomic E-state index is 0.245. The van der Waals surface area contributed by atoms with Crippen LogP contribution in [0.3, 0.4) is 0 Å². The van der Waals surface area contributed by atoms with Gasteiger partial charge in [-0.15, -0.1) is 0 Å². The van der Waals surface area contributed by atoms with E-state index in [2.05, 4.69) is 21.6 Å². The van der Waals surface area contributed by atoms with Gasteiger partial charge in [-0.3, -0.25) is 9.89 Å². The standard InChI is InChI=1S/C19H27N3O/c23-18(20-11-16-6-17(22-21-16)15-1-2-15)10-19-7-12-3-13(8-19)5-14(4-12)9-19/h6,12-15H,1-5,7-11H2,(H,20,23)(H,21,22). The molecule has 1 heterocycles. The van der Waals surface area contributed by atoms with Gasteiger partial charge in [-0.2, -0.15) is 5.10 Å². The summed E-state index contributed by atoms with van der Waals surface area (Å²) in [6.07, 6.45) is 11.5. The molecule has 0 unspecified atom stereocenters.